The Hall–Kier alpha value is -1.16. The SMILES string of the molecule is CCCC(N)Cc1cc(OC)nc(C)n1. The van der Waals surface area contributed by atoms with Crippen molar-refractivity contribution in [2.24, 2.45) is 5.73 Å². The summed E-state index contributed by atoms with van der Waals surface area (Å²) < 4.78 is 5.09. The van der Waals surface area contributed by atoms with E-state index in [0.29, 0.717) is 5.88 Å². The lowest BCUT2D eigenvalue weighted by atomic mass is 10.1. The molecule has 1 rings (SSSR count). The number of nitrogens with two attached hydrogens (primary N) is 1. The molecule has 0 aliphatic rings. The molecule has 0 bridgehead atoms. The predicted molar refractivity (Wildman–Crippen MR) is 59.9 cm³/mol. The Morgan fingerprint density at radius 3 is 2.80 bits per heavy atom. The van der Waals surface area contributed by atoms with Gasteiger partial charge in [-0.2, -0.15) is 4.98 Å². The Morgan fingerprint density at radius 1 is 1.47 bits per heavy atom. The van der Waals surface area contributed by atoms with Gasteiger partial charge in [0.05, 0.1) is 7.11 Å². The molecule has 0 aromatic carbocycles. The van der Waals surface area contributed by atoms with Gasteiger partial charge in [-0.15, -0.1) is 0 Å². The highest BCUT2D eigenvalue weighted by Gasteiger charge is 2.07. The maximum atomic E-state index is 5.96. The van der Waals surface area contributed by atoms with Crippen LogP contribution in [0.3, 0.4) is 0 Å². The molecule has 4 nitrogen and oxygen atoms in total. The standard InChI is InChI=1S/C11H19N3O/c1-4-5-9(12)6-10-7-11(15-3)14-8(2)13-10/h7,9H,4-6,12H2,1-3H3. The van der Waals surface area contributed by atoms with Gasteiger partial charge in [-0.1, -0.05) is 13.3 Å². The molecule has 0 amide bonds. The minimum Gasteiger partial charge on any atom is -0.481 e. The molecule has 15 heavy (non-hydrogen) atoms. The zero-order valence-corrected chi connectivity index (χ0v) is 9.66. The number of nitrogens with zero attached hydrogens (tertiary/aromatic N) is 2. The van der Waals surface area contributed by atoms with Crippen molar-refractivity contribution < 1.29 is 4.74 Å². The van der Waals surface area contributed by atoms with Crippen LogP contribution >= 0.6 is 0 Å². The molecule has 1 unspecified atom stereocenters. The van der Waals surface area contributed by atoms with E-state index < -0.39 is 0 Å². The third kappa shape index (κ3) is 3.83. The second-order valence-electron chi connectivity index (χ2n) is 3.70. The Kier molecular flexibility index (Phi) is 4.49. The topological polar surface area (TPSA) is 61.0 Å². The van der Waals surface area contributed by atoms with Crippen molar-refractivity contribution in [3.05, 3.63) is 17.6 Å². The average Bonchev–Trinajstić information content (AvgIpc) is 2.17. The molecule has 1 atom stereocenters. The lowest BCUT2D eigenvalue weighted by Gasteiger charge is -2.10. The summed E-state index contributed by atoms with van der Waals surface area (Å²) in [6.07, 6.45) is 2.90. The first-order valence-electron chi connectivity index (χ1n) is 5.29. The zero-order valence-electron chi connectivity index (χ0n) is 9.66. The highest BCUT2D eigenvalue weighted by molar-refractivity contribution is 5.16. The number of hydrogen-bond acceptors (Lipinski definition) is 4. The lowest BCUT2D eigenvalue weighted by Crippen LogP contribution is -2.23. The Balaban J connectivity index is 2.71. The summed E-state index contributed by atoms with van der Waals surface area (Å²) >= 11 is 0. The smallest absolute Gasteiger partial charge is 0.216 e. The van der Waals surface area contributed by atoms with Crippen LogP contribution in [0.2, 0.25) is 0 Å². The summed E-state index contributed by atoms with van der Waals surface area (Å²) in [5.41, 5.74) is 6.92. The molecule has 84 valence electrons. The van der Waals surface area contributed by atoms with Crippen molar-refractivity contribution in [2.45, 2.75) is 39.2 Å². The van der Waals surface area contributed by atoms with Crippen LogP contribution in [0.1, 0.15) is 31.3 Å². The van der Waals surface area contributed by atoms with Crippen molar-refractivity contribution in [1.82, 2.24) is 9.97 Å². The van der Waals surface area contributed by atoms with Crippen molar-refractivity contribution in [3.63, 3.8) is 0 Å². The van der Waals surface area contributed by atoms with Crippen LogP contribution in [-0.4, -0.2) is 23.1 Å². The largest absolute Gasteiger partial charge is 0.481 e. The van der Waals surface area contributed by atoms with Crippen LogP contribution in [-0.2, 0) is 6.42 Å². The first-order valence-corrected chi connectivity index (χ1v) is 5.29. The molecule has 1 aromatic rings. The number of methoxy groups -OCH3 is 1. The molecule has 0 spiro atoms. The molecule has 0 saturated heterocycles. The van der Waals surface area contributed by atoms with Gasteiger partial charge in [0.15, 0.2) is 0 Å². The number of aryl methyl sites for hydroxylation is 1. The summed E-state index contributed by atoms with van der Waals surface area (Å²) in [4.78, 5) is 8.46. The Morgan fingerprint density at radius 2 is 2.20 bits per heavy atom. The zero-order chi connectivity index (χ0) is 11.3. The summed E-state index contributed by atoms with van der Waals surface area (Å²) in [5, 5.41) is 0. The fourth-order valence-corrected chi connectivity index (χ4v) is 1.55. The molecule has 0 aliphatic carbocycles. The summed E-state index contributed by atoms with van der Waals surface area (Å²) in [6.45, 7) is 3.99. The second kappa shape index (κ2) is 5.66. The van der Waals surface area contributed by atoms with Gasteiger partial charge >= 0.3 is 0 Å². The van der Waals surface area contributed by atoms with E-state index in [4.69, 9.17) is 10.5 Å². The van der Waals surface area contributed by atoms with Crippen molar-refractivity contribution in [3.8, 4) is 5.88 Å². The van der Waals surface area contributed by atoms with Crippen LogP contribution < -0.4 is 10.5 Å². The van der Waals surface area contributed by atoms with Crippen LogP contribution in [0.5, 0.6) is 5.88 Å². The first kappa shape index (κ1) is 11.9. The van der Waals surface area contributed by atoms with E-state index in [1.165, 1.54) is 0 Å². The van der Waals surface area contributed by atoms with Crippen molar-refractivity contribution >= 4 is 0 Å². The van der Waals surface area contributed by atoms with E-state index in [0.717, 1.165) is 30.8 Å². The van der Waals surface area contributed by atoms with E-state index in [9.17, 15) is 0 Å². The maximum Gasteiger partial charge on any atom is 0.216 e. The minimum absolute atomic E-state index is 0.175. The minimum atomic E-state index is 0.175. The molecule has 0 aliphatic heterocycles. The highest BCUT2D eigenvalue weighted by atomic mass is 16.5. The highest BCUT2D eigenvalue weighted by Crippen LogP contribution is 2.11. The molecule has 0 fully saturated rings. The fraction of sp³-hybridized carbons (Fsp3) is 0.636. The van der Waals surface area contributed by atoms with E-state index in [1.807, 2.05) is 13.0 Å². The lowest BCUT2D eigenvalue weighted by molar-refractivity contribution is 0.394. The molecule has 4 heteroatoms. The van der Waals surface area contributed by atoms with Gasteiger partial charge in [0.1, 0.15) is 5.82 Å². The van der Waals surface area contributed by atoms with Crippen molar-refractivity contribution in [1.29, 1.82) is 0 Å². The predicted octanol–water partition coefficient (Wildman–Crippen LogP) is 1.46. The fourth-order valence-electron chi connectivity index (χ4n) is 1.55. The van der Waals surface area contributed by atoms with E-state index in [-0.39, 0.29) is 6.04 Å². The van der Waals surface area contributed by atoms with Crippen LogP contribution in [0.15, 0.2) is 6.07 Å². The summed E-state index contributed by atoms with van der Waals surface area (Å²) in [7, 11) is 1.61. The van der Waals surface area contributed by atoms with Crippen LogP contribution in [0.25, 0.3) is 0 Å². The average molecular weight is 209 g/mol. The van der Waals surface area contributed by atoms with Gasteiger partial charge in [0, 0.05) is 24.2 Å². The van der Waals surface area contributed by atoms with E-state index >= 15 is 0 Å². The van der Waals surface area contributed by atoms with Gasteiger partial charge < -0.3 is 10.5 Å². The van der Waals surface area contributed by atoms with Crippen LogP contribution in [0, 0.1) is 6.92 Å². The van der Waals surface area contributed by atoms with Crippen LogP contribution in [0.4, 0.5) is 0 Å². The second-order valence-corrected chi connectivity index (χ2v) is 3.70. The summed E-state index contributed by atoms with van der Waals surface area (Å²) in [5.74, 6) is 1.34. The number of rotatable bonds is 5. The van der Waals surface area contributed by atoms with Gasteiger partial charge in [0.2, 0.25) is 5.88 Å². The third-order valence-electron chi connectivity index (χ3n) is 2.21. The Bertz CT molecular complexity index is 315. The Labute approximate surface area is 90.9 Å². The van der Waals surface area contributed by atoms with Crippen molar-refractivity contribution in [2.75, 3.05) is 7.11 Å². The maximum absolute atomic E-state index is 5.96. The van der Waals surface area contributed by atoms with E-state index in [2.05, 4.69) is 16.9 Å². The molecule has 2 N–H and O–H groups in total. The monoisotopic (exact) mass is 209 g/mol. The van der Waals surface area contributed by atoms with Gasteiger partial charge in [-0.25, -0.2) is 4.98 Å². The number of hydrogen-bond donors (Lipinski definition) is 1. The normalized spacial score (nSPS) is 12.5. The molecule has 0 radical (unpaired) electrons. The summed E-state index contributed by atoms with van der Waals surface area (Å²) in [6, 6.07) is 2.02. The quantitative estimate of drug-likeness (QED) is 0.797. The van der Waals surface area contributed by atoms with Gasteiger partial charge in [0.25, 0.3) is 0 Å². The molecule has 0 saturated carbocycles. The number of ether oxygens (including phenoxy) is 1. The molecule has 1 heterocycles. The van der Waals surface area contributed by atoms with Gasteiger partial charge in [-0.05, 0) is 13.3 Å². The molecular weight excluding hydrogens is 190 g/mol. The van der Waals surface area contributed by atoms with Gasteiger partial charge in [-0.3, -0.25) is 0 Å². The number of aromatic nitrogens is 2. The first-order chi connectivity index (χ1) is 7.15. The van der Waals surface area contributed by atoms with E-state index in [1.54, 1.807) is 7.11 Å². The molecular formula is C11H19N3O. The third-order valence-corrected chi connectivity index (χ3v) is 2.21. The molecule has 1 aromatic heterocycles.